The lowest BCUT2D eigenvalue weighted by Gasteiger charge is -2.32. The lowest BCUT2D eigenvalue weighted by atomic mass is 10.1. The van der Waals surface area contributed by atoms with Gasteiger partial charge in [0.2, 0.25) is 17.7 Å². The number of amides is 3. The summed E-state index contributed by atoms with van der Waals surface area (Å²) in [5.74, 6) is -2.48. The van der Waals surface area contributed by atoms with Gasteiger partial charge in [0.25, 0.3) is 0 Å². The number of nitrogens with one attached hydrogen (secondary N) is 2. The molecule has 2 N–H and O–H groups in total. The molecule has 194 valence electrons. The van der Waals surface area contributed by atoms with Crippen LogP contribution >= 0.6 is 0 Å². The van der Waals surface area contributed by atoms with E-state index in [-0.39, 0.29) is 11.9 Å². The molecule has 0 spiro atoms. The number of nitrogens with zero attached hydrogens (tertiary/aromatic N) is 1. The van der Waals surface area contributed by atoms with Gasteiger partial charge in [-0.25, -0.2) is 4.39 Å². The van der Waals surface area contributed by atoms with Gasteiger partial charge in [0.15, 0.2) is 0 Å². The standard InChI is InChI=1S/C27H34FN3O4S/c1-4-23(27(34)30-21-7-5-6-8-21)31(24-15-18(2)9-10-19(24)3)26(33)17-36(35)16-25(32)29-22-13-11-20(28)12-14-22/h9-15,21,23H,4-8,16-17H2,1-3H3,(H,29,32)(H,30,34). The Kier molecular flexibility index (Phi) is 9.75. The number of hydrogen-bond acceptors (Lipinski definition) is 4. The first-order chi connectivity index (χ1) is 17.2. The fraction of sp³-hybridized carbons (Fsp3) is 0.444. The largest absolute Gasteiger partial charge is 0.352 e. The highest BCUT2D eigenvalue weighted by molar-refractivity contribution is 7.86. The Morgan fingerprint density at radius 3 is 2.36 bits per heavy atom. The van der Waals surface area contributed by atoms with Crippen LogP contribution in [0, 0.1) is 19.7 Å². The topological polar surface area (TPSA) is 95.6 Å². The van der Waals surface area contributed by atoms with Crippen molar-refractivity contribution in [2.45, 2.75) is 65.0 Å². The van der Waals surface area contributed by atoms with E-state index in [2.05, 4.69) is 10.6 Å². The molecule has 1 saturated carbocycles. The summed E-state index contributed by atoms with van der Waals surface area (Å²) in [4.78, 5) is 40.6. The third kappa shape index (κ3) is 7.46. The van der Waals surface area contributed by atoms with Gasteiger partial charge in [0.05, 0.1) is 0 Å². The van der Waals surface area contributed by atoms with Crippen molar-refractivity contribution in [1.29, 1.82) is 0 Å². The quantitative estimate of drug-likeness (QED) is 0.500. The number of rotatable bonds is 10. The fourth-order valence-corrected chi connectivity index (χ4v) is 5.32. The van der Waals surface area contributed by atoms with Crippen molar-refractivity contribution in [2.75, 3.05) is 21.7 Å². The fourth-order valence-electron chi connectivity index (χ4n) is 4.44. The molecule has 0 aliphatic heterocycles. The second-order valence-electron chi connectivity index (χ2n) is 9.25. The summed E-state index contributed by atoms with van der Waals surface area (Å²) in [5, 5.41) is 5.64. The van der Waals surface area contributed by atoms with Crippen LogP contribution in [0.2, 0.25) is 0 Å². The Hall–Kier alpha value is -3.07. The van der Waals surface area contributed by atoms with Crippen molar-refractivity contribution in [1.82, 2.24) is 5.32 Å². The third-order valence-electron chi connectivity index (χ3n) is 6.30. The molecule has 36 heavy (non-hydrogen) atoms. The number of aryl methyl sites for hydroxylation is 2. The van der Waals surface area contributed by atoms with E-state index in [1.54, 1.807) is 0 Å². The zero-order chi connectivity index (χ0) is 26.2. The van der Waals surface area contributed by atoms with Crippen molar-refractivity contribution in [3.8, 4) is 0 Å². The summed E-state index contributed by atoms with van der Waals surface area (Å²) in [6.45, 7) is 5.62. The van der Waals surface area contributed by atoms with Gasteiger partial charge < -0.3 is 10.6 Å². The van der Waals surface area contributed by atoms with Crippen LogP contribution < -0.4 is 15.5 Å². The number of carbonyl (C=O) groups is 3. The molecule has 0 bridgehead atoms. The van der Waals surface area contributed by atoms with E-state index in [9.17, 15) is 23.0 Å². The van der Waals surface area contributed by atoms with Crippen molar-refractivity contribution in [2.24, 2.45) is 0 Å². The lowest BCUT2D eigenvalue weighted by molar-refractivity contribution is -0.126. The zero-order valence-corrected chi connectivity index (χ0v) is 21.8. The van der Waals surface area contributed by atoms with Crippen LogP contribution in [-0.4, -0.2) is 45.5 Å². The summed E-state index contributed by atoms with van der Waals surface area (Å²) in [7, 11) is -1.81. The van der Waals surface area contributed by atoms with Crippen LogP contribution in [-0.2, 0) is 25.2 Å². The van der Waals surface area contributed by atoms with Gasteiger partial charge in [-0.2, -0.15) is 0 Å². The number of halogens is 1. The highest BCUT2D eigenvalue weighted by Crippen LogP contribution is 2.26. The maximum absolute atomic E-state index is 13.5. The molecular formula is C27H34FN3O4S. The average molecular weight is 516 g/mol. The Morgan fingerprint density at radius 2 is 1.72 bits per heavy atom. The van der Waals surface area contributed by atoms with E-state index in [0.717, 1.165) is 36.8 Å². The maximum atomic E-state index is 13.5. The molecule has 7 nitrogen and oxygen atoms in total. The minimum absolute atomic E-state index is 0.103. The van der Waals surface area contributed by atoms with Crippen molar-refractivity contribution >= 4 is 39.9 Å². The molecule has 0 heterocycles. The van der Waals surface area contributed by atoms with E-state index in [0.29, 0.717) is 17.8 Å². The first-order valence-electron chi connectivity index (χ1n) is 12.3. The minimum atomic E-state index is -1.81. The molecule has 1 aliphatic carbocycles. The zero-order valence-electron chi connectivity index (χ0n) is 21.0. The van der Waals surface area contributed by atoms with Gasteiger partial charge in [0.1, 0.15) is 23.4 Å². The minimum Gasteiger partial charge on any atom is -0.352 e. The molecule has 1 fully saturated rings. The molecule has 9 heteroatoms. The summed E-state index contributed by atoms with van der Waals surface area (Å²) >= 11 is 0. The van der Waals surface area contributed by atoms with Gasteiger partial charge in [-0.3, -0.25) is 23.5 Å². The maximum Gasteiger partial charge on any atom is 0.243 e. The van der Waals surface area contributed by atoms with E-state index in [1.165, 1.54) is 29.2 Å². The number of carbonyl (C=O) groups excluding carboxylic acids is 3. The molecular weight excluding hydrogens is 481 g/mol. The first kappa shape index (κ1) is 27.5. The van der Waals surface area contributed by atoms with Crippen molar-refractivity contribution < 1.29 is 23.0 Å². The summed E-state index contributed by atoms with van der Waals surface area (Å²) in [6, 6.07) is 10.2. The van der Waals surface area contributed by atoms with Crippen LogP contribution in [0.15, 0.2) is 42.5 Å². The molecule has 2 atom stereocenters. The molecule has 0 aromatic heterocycles. The third-order valence-corrected chi connectivity index (χ3v) is 7.45. The van der Waals surface area contributed by atoms with Crippen LogP contribution in [0.25, 0.3) is 0 Å². The van der Waals surface area contributed by atoms with Crippen molar-refractivity contribution in [3.63, 3.8) is 0 Å². The first-order valence-corrected chi connectivity index (χ1v) is 13.8. The molecule has 0 saturated heterocycles. The van der Waals surface area contributed by atoms with E-state index >= 15 is 0 Å². The Morgan fingerprint density at radius 1 is 1.06 bits per heavy atom. The summed E-state index contributed by atoms with van der Waals surface area (Å²) in [5.41, 5.74) is 2.72. The van der Waals surface area contributed by atoms with Gasteiger partial charge in [-0.05, 0) is 74.6 Å². The summed E-state index contributed by atoms with van der Waals surface area (Å²) < 4.78 is 25.9. The van der Waals surface area contributed by atoms with Crippen molar-refractivity contribution in [3.05, 3.63) is 59.4 Å². The Balaban J connectivity index is 1.76. The van der Waals surface area contributed by atoms with Gasteiger partial charge in [-0.1, -0.05) is 31.9 Å². The monoisotopic (exact) mass is 515 g/mol. The van der Waals surface area contributed by atoms with Crippen LogP contribution in [0.5, 0.6) is 0 Å². The highest BCUT2D eigenvalue weighted by Gasteiger charge is 2.33. The predicted octanol–water partition coefficient (Wildman–Crippen LogP) is 4.00. The van der Waals surface area contributed by atoms with Gasteiger partial charge in [-0.15, -0.1) is 0 Å². The number of anilines is 2. The van der Waals surface area contributed by atoms with E-state index < -0.39 is 46.0 Å². The summed E-state index contributed by atoms with van der Waals surface area (Å²) in [6.07, 6.45) is 4.37. The SMILES string of the molecule is CCC(C(=O)NC1CCCC1)N(C(=O)CS(=O)CC(=O)Nc1ccc(F)cc1)c1cc(C)ccc1C. The Bertz CT molecular complexity index is 1120. The van der Waals surface area contributed by atoms with Crippen LogP contribution in [0.3, 0.4) is 0 Å². The van der Waals surface area contributed by atoms with Crippen LogP contribution in [0.4, 0.5) is 15.8 Å². The molecule has 1 aliphatic rings. The van der Waals surface area contributed by atoms with Crippen LogP contribution in [0.1, 0.15) is 50.2 Å². The molecule has 2 unspecified atom stereocenters. The second kappa shape index (κ2) is 12.8. The molecule has 3 rings (SSSR count). The Labute approximate surface area is 214 Å². The molecule has 2 aromatic carbocycles. The number of benzene rings is 2. The highest BCUT2D eigenvalue weighted by atomic mass is 32.2. The number of hydrogen-bond donors (Lipinski definition) is 2. The molecule has 3 amide bonds. The van der Waals surface area contributed by atoms with E-state index in [4.69, 9.17) is 0 Å². The smallest absolute Gasteiger partial charge is 0.243 e. The second-order valence-corrected chi connectivity index (χ2v) is 10.7. The molecule has 2 aromatic rings. The van der Waals surface area contributed by atoms with Gasteiger partial charge in [0, 0.05) is 28.2 Å². The average Bonchev–Trinajstić information content (AvgIpc) is 3.33. The predicted molar refractivity (Wildman–Crippen MR) is 141 cm³/mol. The lowest BCUT2D eigenvalue weighted by Crippen LogP contribution is -2.53. The van der Waals surface area contributed by atoms with Gasteiger partial charge >= 0.3 is 0 Å². The molecule has 0 radical (unpaired) electrons. The van der Waals surface area contributed by atoms with E-state index in [1.807, 2.05) is 39.0 Å². The normalized spacial score (nSPS) is 15.2.